The highest BCUT2D eigenvalue weighted by molar-refractivity contribution is 7.17. The molecule has 0 aliphatic carbocycles. The zero-order valence-electron chi connectivity index (χ0n) is 10.3. The van der Waals surface area contributed by atoms with Gasteiger partial charge in [-0.25, -0.2) is 4.79 Å². The van der Waals surface area contributed by atoms with Gasteiger partial charge in [-0.05, 0) is 30.5 Å². The highest BCUT2D eigenvalue weighted by Crippen LogP contribution is 2.15. The molecule has 0 unspecified atom stereocenters. The van der Waals surface area contributed by atoms with E-state index >= 15 is 0 Å². The molecule has 0 aliphatic heterocycles. The largest absolute Gasteiger partial charge is 0.467 e. The summed E-state index contributed by atoms with van der Waals surface area (Å²) in [5.74, 6) is 0.595. The lowest BCUT2D eigenvalue weighted by molar-refractivity contribution is 0.478. The molecular weight excluding hydrogens is 264 g/mol. The molecule has 3 aromatic rings. The third-order valence-electron chi connectivity index (χ3n) is 3.05. The summed E-state index contributed by atoms with van der Waals surface area (Å²) in [5, 5.41) is 1.83. The van der Waals surface area contributed by atoms with Crippen molar-refractivity contribution in [2.24, 2.45) is 0 Å². The SMILES string of the molecule is CCn1c(=O)n(Cc2ccco2)c(=O)c2sccc21. The van der Waals surface area contributed by atoms with Crippen molar-refractivity contribution in [1.82, 2.24) is 9.13 Å². The summed E-state index contributed by atoms with van der Waals surface area (Å²) in [5.41, 5.74) is 0.157. The van der Waals surface area contributed by atoms with Crippen LogP contribution < -0.4 is 11.2 Å². The van der Waals surface area contributed by atoms with E-state index in [2.05, 4.69) is 0 Å². The number of furan rings is 1. The van der Waals surface area contributed by atoms with Gasteiger partial charge in [-0.15, -0.1) is 11.3 Å². The Kier molecular flexibility index (Phi) is 2.87. The minimum atomic E-state index is -0.296. The number of hydrogen-bond acceptors (Lipinski definition) is 4. The van der Waals surface area contributed by atoms with E-state index in [0.29, 0.717) is 22.5 Å². The van der Waals surface area contributed by atoms with Gasteiger partial charge in [-0.3, -0.25) is 13.9 Å². The lowest BCUT2D eigenvalue weighted by Gasteiger charge is -2.09. The minimum Gasteiger partial charge on any atom is -0.467 e. The second kappa shape index (κ2) is 4.55. The smallest absolute Gasteiger partial charge is 0.331 e. The highest BCUT2D eigenvalue weighted by Gasteiger charge is 2.14. The molecular formula is C13H12N2O3S. The van der Waals surface area contributed by atoms with Gasteiger partial charge < -0.3 is 4.42 Å². The first-order valence-corrected chi connectivity index (χ1v) is 6.83. The summed E-state index contributed by atoms with van der Waals surface area (Å²) in [6.07, 6.45) is 1.53. The normalized spacial score (nSPS) is 11.2. The number of fused-ring (bicyclic) bond motifs is 1. The summed E-state index contributed by atoms with van der Waals surface area (Å²) in [6.45, 7) is 2.59. The molecule has 0 saturated heterocycles. The lowest BCUT2D eigenvalue weighted by atomic mass is 10.4. The van der Waals surface area contributed by atoms with Crippen LogP contribution in [0.25, 0.3) is 10.2 Å². The lowest BCUT2D eigenvalue weighted by Crippen LogP contribution is -2.39. The van der Waals surface area contributed by atoms with Gasteiger partial charge in [0.05, 0.1) is 18.3 Å². The molecule has 0 saturated carbocycles. The van der Waals surface area contributed by atoms with Gasteiger partial charge in [-0.2, -0.15) is 0 Å². The maximum atomic E-state index is 12.3. The van der Waals surface area contributed by atoms with Gasteiger partial charge in [0.25, 0.3) is 5.56 Å². The minimum absolute atomic E-state index is 0.165. The zero-order valence-corrected chi connectivity index (χ0v) is 11.1. The van der Waals surface area contributed by atoms with Crippen molar-refractivity contribution in [2.75, 3.05) is 0 Å². The Morgan fingerprint density at radius 1 is 1.26 bits per heavy atom. The Bertz CT molecular complexity index is 824. The quantitative estimate of drug-likeness (QED) is 0.734. The fraction of sp³-hybridized carbons (Fsp3) is 0.231. The fourth-order valence-electron chi connectivity index (χ4n) is 2.14. The number of aryl methyl sites for hydroxylation is 1. The van der Waals surface area contributed by atoms with Crippen LogP contribution in [0, 0.1) is 0 Å². The number of aromatic nitrogens is 2. The Hall–Kier alpha value is -2.08. The molecule has 0 amide bonds. The molecule has 0 atom stereocenters. The van der Waals surface area contributed by atoms with Crippen LogP contribution in [0.5, 0.6) is 0 Å². The molecule has 0 fully saturated rings. The first kappa shape index (κ1) is 12.0. The van der Waals surface area contributed by atoms with E-state index in [1.165, 1.54) is 22.2 Å². The van der Waals surface area contributed by atoms with E-state index in [4.69, 9.17) is 4.42 Å². The second-order valence-electron chi connectivity index (χ2n) is 4.13. The van der Waals surface area contributed by atoms with Gasteiger partial charge in [0.2, 0.25) is 0 Å². The molecule has 0 bridgehead atoms. The van der Waals surface area contributed by atoms with E-state index in [-0.39, 0.29) is 17.8 Å². The van der Waals surface area contributed by atoms with Crippen molar-refractivity contribution in [1.29, 1.82) is 0 Å². The standard InChI is InChI=1S/C13H12N2O3S/c1-2-14-10-5-7-19-11(10)12(16)15(13(14)17)8-9-4-3-6-18-9/h3-7H,2,8H2,1H3. The van der Waals surface area contributed by atoms with Gasteiger partial charge in [-0.1, -0.05) is 0 Å². The number of rotatable bonds is 3. The summed E-state index contributed by atoms with van der Waals surface area (Å²) in [6, 6.07) is 5.30. The number of thiophene rings is 1. The molecule has 19 heavy (non-hydrogen) atoms. The van der Waals surface area contributed by atoms with Crippen LogP contribution in [-0.4, -0.2) is 9.13 Å². The molecule has 3 heterocycles. The van der Waals surface area contributed by atoms with Gasteiger partial charge in [0, 0.05) is 6.54 Å². The van der Waals surface area contributed by atoms with Crippen molar-refractivity contribution < 1.29 is 4.42 Å². The third kappa shape index (κ3) is 1.84. The Morgan fingerprint density at radius 2 is 2.11 bits per heavy atom. The molecule has 0 radical (unpaired) electrons. The van der Waals surface area contributed by atoms with Crippen LogP contribution >= 0.6 is 11.3 Å². The molecule has 6 heteroatoms. The van der Waals surface area contributed by atoms with E-state index < -0.39 is 0 Å². The molecule has 0 N–H and O–H groups in total. The number of hydrogen-bond donors (Lipinski definition) is 0. The maximum Gasteiger partial charge on any atom is 0.331 e. The van der Waals surface area contributed by atoms with E-state index in [0.717, 1.165) is 0 Å². The van der Waals surface area contributed by atoms with Crippen molar-refractivity contribution in [2.45, 2.75) is 20.0 Å². The Balaban J connectivity index is 2.29. The van der Waals surface area contributed by atoms with Crippen LogP contribution in [0.2, 0.25) is 0 Å². The Morgan fingerprint density at radius 3 is 2.79 bits per heavy atom. The van der Waals surface area contributed by atoms with Crippen molar-refractivity contribution in [3.63, 3.8) is 0 Å². The van der Waals surface area contributed by atoms with Crippen molar-refractivity contribution >= 4 is 21.6 Å². The third-order valence-corrected chi connectivity index (χ3v) is 3.94. The molecule has 0 aromatic carbocycles. The summed E-state index contributed by atoms with van der Waals surface area (Å²) >= 11 is 1.36. The molecule has 0 aliphatic rings. The van der Waals surface area contributed by atoms with Gasteiger partial charge >= 0.3 is 5.69 Å². The average Bonchev–Trinajstić information content (AvgIpc) is 3.06. The van der Waals surface area contributed by atoms with E-state index in [9.17, 15) is 9.59 Å². The van der Waals surface area contributed by atoms with Crippen LogP contribution in [-0.2, 0) is 13.1 Å². The topological polar surface area (TPSA) is 57.1 Å². The van der Waals surface area contributed by atoms with Gasteiger partial charge in [0.15, 0.2) is 0 Å². The van der Waals surface area contributed by atoms with Crippen LogP contribution in [0.1, 0.15) is 12.7 Å². The number of nitrogens with zero attached hydrogens (tertiary/aromatic N) is 2. The summed E-state index contributed by atoms with van der Waals surface area (Å²) in [7, 11) is 0. The fourth-order valence-corrected chi connectivity index (χ4v) is 2.98. The van der Waals surface area contributed by atoms with Crippen molar-refractivity contribution in [3.8, 4) is 0 Å². The van der Waals surface area contributed by atoms with Crippen LogP contribution in [0.15, 0.2) is 43.8 Å². The maximum absolute atomic E-state index is 12.3. The van der Waals surface area contributed by atoms with E-state index in [1.54, 1.807) is 16.7 Å². The van der Waals surface area contributed by atoms with Crippen LogP contribution in [0.4, 0.5) is 0 Å². The van der Waals surface area contributed by atoms with Gasteiger partial charge in [0.1, 0.15) is 10.5 Å². The summed E-state index contributed by atoms with van der Waals surface area (Å²) in [4.78, 5) is 24.7. The predicted molar refractivity (Wildman–Crippen MR) is 73.8 cm³/mol. The second-order valence-corrected chi connectivity index (χ2v) is 5.05. The molecule has 98 valence electrons. The summed E-state index contributed by atoms with van der Waals surface area (Å²) < 4.78 is 8.65. The first-order chi connectivity index (χ1) is 9.22. The Labute approximate surface area is 112 Å². The van der Waals surface area contributed by atoms with Crippen molar-refractivity contribution in [3.05, 3.63) is 56.4 Å². The highest BCUT2D eigenvalue weighted by atomic mass is 32.1. The zero-order chi connectivity index (χ0) is 13.4. The van der Waals surface area contributed by atoms with E-state index in [1.807, 2.05) is 18.4 Å². The molecule has 3 aromatic heterocycles. The predicted octanol–water partition coefficient (Wildman–Crippen LogP) is 1.89. The molecule has 5 nitrogen and oxygen atoms in total. The molecule has 0 spiro atoms. The van der Waals surface area contributed by atoms with Crippen LogP contribution in [0.3, 0.4) is 0 Å². The monoisotopic (exact) mass is 276 g/mol. The first-order valence-electron chi connectivity index (χ1n) is 5.95. The average molecular weight is 276 g/mol. The molecule has 3 rings (SSSR count).